The average molecular weight is 448 g/mol. The van der Waals surface area contributed by atoms with Gasteiger partial charge in [0.2, 0.25) is 0 Å². The number of phenols is 1. The highest BCUT2D eigenvalue weighted by molar-refractivity contribution is 9.10. The molecule has 1 aliphatic heterocycles. The first kappa shape index (κ1) is 20.6. The molecule has 2 aromatic rings. The molecule has 2 N–H and O–H groups in total. The number of hydrogen-bond donors (Lipinski definition) is 2. The highest BCUT2D eigenvalue weighted by Gasteiger charge is 2.24. The van der Waals surface area contributed by atoms with Gasteiger partial charge >= 0.3 is 0 Å². The minimum absolute atomic E-state index is 0.234. The van der Waals surface area contributed by atoms with Crippen molar-refractivity contribution in [3.63, 3.8) is 0 Å². The summed E-state index contributed by atoms with van der Waals surface area (Å²) in [4.78, 5) is 7.01. The predicted molar refractivity (Wildman–Crippen MR) is 116 cm³/mol. The van der Waals surface area contributed by atoms with Crippen LogP contribution in [0, 0.1) is 24.6 Å². The second kappa shape index (κ2) is 8.95. The van der Waals surface area contributed by atoms with E-state index in [-0.39, 0.29) is 18.1 Å². The van der Waals surface area contributed by atoms with Crippen LogP contribution < -0.4 is 5.32 Å². The van der Waals surface area contributed by atoms with Crippen molar-refractivity contribution in [3.8, 4) is 5.75 Å². The Hall–Kier alpha value is -2.08. The van der Waals surface area contributed by atoms with Crippen molar-refractivity contribution in [2.75, 3.05) is 18.4 Å². The summed E-state index contributed by atoms with van der Waals surface area (Å²) in [6.07, 6.45) is 1.20. The smallest absolute Gasteiger partial charge is 0.198 e. The van der Waals surface area contributed by atoms with Crippen molar-refractivity contribution >= 4 is 27.6 Å². The minimum Gasteiger partial charge on any atom is -0.508 e. The van der Waals surface area contributed by atoms with E-state index in [2.05, 4.69) is 40.0 Å². The number of guanidine groups is 1. The number of benzene rings is 2. The first-order valence-electron chi connectivity index (χ1n) is 9.61. The molecule has 0 saturated carbocycles. The molecule has 150 valence electrons. The molecule has 0 bridgehead atoms. The fraction of sp³-hybridized carbons (Fsp3) is 0.409. The topological polar surface area (TPSA) is 47.9 Å². The van der Waals surface area contributed by atoms with Gasteiger partial charge in [0.1, 0.15) is 11.6 Å². The number of halogens is 2. The molecule has 0 amide bonds. The van der Waals surface area contributed by atoms with E-state index >= 15 is 0 Å². The third-order valence-electron chi connectivity index (χ3n) is 5.03. The van der Waals surface area contributed by atoms with E-state index in [0.717, 1.165) is 34.8 Å². The Bertz CT molecular complexity index is 861. The van der Waals surface area contributed by atoms with Crippen LogP contribution >= 0.6 is 15.9 Å². The van der Waals surface area contributed by atoms with Crippen LogP contribution in [0.2, 0.25) is 0 Å². The van der Waals surface area contributed by atoms with Gasteiger partial charge in [0.15, 0.2) is 5.96 Å². The zero-order valence-electron chi connectivity index (χ0n) is 16.5. The number of likely N-dealkylation sites (tertiary alicyclic amines) is 1. The number of phenolic OH excluding ortho intramolecular Hbond substituents is 1. The molecule has 0 radical (unpaired) electrons. The van der Waals surface area contributed by atoms with Crippen molar-refractivity contribution in [2.24, 2.45) is 16.8 Å². The molecule has 2 aromatic carbocycles. The maximum Gasteiger partial charge on any atom is 0.198 e. The van der Waals surface area contributed by atoms with Crippen molar-refractivity contribution in [1.82, 2.24) is 4.90 Å². The van der Waals surface area contributed by atoms with Crippen LogP contribution in [-0.4, -0.2) is 29.1 Å². The van der Waals surface area contributed by atoms with Gasteiger partial charge in [-0.2, -0.15) is 0 Å². The Morgan fingerprint density at radius 2 is 1.93 bits per heavy atom. The summed E-state index contributed by atoms with van der Waals surface area (Å²) >= 11 is 3.40. The lowest BCUT2D eigenvalue weighted by Gasteiger charge is -2.37. The molecule has 1 heterocycles. The van der Waals surface area contributed by atoms with Crippen molar-refractivity contribution in [1.29, 1.82) is 0 Å². The maximum atomic E-state index is 14.2. The fourth-order valence-electron chi connectivity index (χ4n) is 3.79. The van der Waals surface area contributed by atoms with E-state index in [9.17, 15) is 9.50 Å². The minimum atomic E-state index is -0.257. The number of rotatable bonds is 3. The van der Waals surface area contributed by atoms with Gasteiger partial charge in [0.05, 0.1) is 6.54 Å². The van der Waals surface area contributed by atoms with Gasteiger partial charge in [-0.3, -0.25) is 0 Å². The summed E-state index contributed by atoms with van der Waals surface area (Å²) in [5, 5.41) is 13.1. The van der Waals surface area contributed by atoms with Gasteiger partial charge in [-0.05, 0) is 67.1 Å². The lowest BCUT2D eigenvalue weighted by molar-refractivity contribution is 0.213. The van der Waals surface area contributed by atoms with Crippen LogP contribution in [0.25, 0.3) is 0 Å². The second-order valence-corrected chi connectivity index (χ2v) is 8.77. The van der Waals surface area contributed by atoms with Crippen LogP contribution in [0.1, 0.15) is 31.4 Å². The van der Waals surface area contributed by atoms with Gasteiger partial charge in [0, 0.05) is 28.8 Å². The van der Waals surface area contributed by atoms with Crippen LogP contribution in [0.5, 0.6) is 5.75 Å². The van der Waals surface area contributed by atoms with E-state index in [1.807, 2.05) is 13.0 Å². The number of hydrogen-bond acceptors (Lipinski definition) is 2. The van der Waals surface area contributed by atoms with E-state index in [4.69, 9.17) is 4.99 Å². The zero-order chi connectivity index (χ0) is 20.3. The van der Waals surface area contributed by atoms with Gasteiger partial charge in [-0.15, -0.1) is 0 Å². The fourth-order valence-corrected chi connectivity index (χ4v) is 4.20. The van der Waals surface area contributed by atoms with Crippen LogP contribution in [-0.2, 0) is 6.54 Å². The molecule has 4 nitrogen and oxygen atoms in total. The zero-order valence-corrected chi connectivity index (χ0v) is 18.1. The largest absolute Gasteiger partial charge is 0.508 e. The molecule has 0 aromatic heterocycles. The SMILES string of the molecule is Cc1cc(O)ccc1NC(=NCc1cc(Br)ccc1F)N1CC(C)CC(C)C1. The molecule has 0 aliphatic carbocycles. The normalized spacial score (nSPS) is 20.3. The quantitative estimate of drug-likeness (QED) is 0.368. The molecule has 3 rings (SSSR count). The molecule has 2 atom stereocenters. The monoisotopic (exact) mass is 447 g/mol. The standard InChI is InChI=1S/C22H27BrFN3O/c1-14-8-15(2)13-27(12-14)22(26-21-7-5-19(28)9-16(21)3)25-11-17-10-18(23)4-6-20(17)24/h4-7,9-10,14-15,28H,8,11-13H2,1-3H3,(H,25,26). The number of nitrogens with one attached hydrogen (secondary N) is 1. The van der Waals surface area contributed by atoms with E-state index in [1.165, 1.54) is 12.5 Å². The summed E-state index contributed by atoms with van der Waals surface area (Å²) in [6.45, 7) is 8.52. The highest BCUT2D eigenvalue weighted by atomic mass is 79.9. The van der Waals surface area contributed by atoms with Gasteiger partial charge in [-0.25, -0.2) is 9.38 Å². The van der Waals surface area contributed by atoms with Gasteiger partial charge in [0.25, 0.3) is 0 Å². The first-order chi connectivity index (χ1) is 13.3. The Morgan fingerprint density at radius 3 is 2.61 bits per heavy atom. The Labute approximate surface area is 174 Å². The molecular weight excluding hydrogens is 421 g/mol. The van der Waals surface area contributed by atoms with E-state index in [0.29, 0.717) is 17.4 Å². The lowest BCUT2D eigenvalue weighted by Crippen LogP contribution is -2.45. The summed E-state index contributed by atoms with van der Waals surface area (Å²) in [6, 6.07) is 10.1. The van der Waals surface area contributed by atoms with Crippen molar-refractivity contribution in [3.05, 3.63) is 57.8 Å². The summed E-state index contributed by atoms with van der Waals surface area (Å²) in [7, 11) is 0. The number of aryl methyl sites for hydroxylation is 1. The third kappa shape index (κ3) is 5.25. The number of nitrogens with zero attached hydrogens (tertiary/aromatic N) is 2. The molecule has 2 unspecified atom stereocenters. The molecule has 0 spiro atoms. The molecular formula is C22H27BrFN3O. The van der Waals surface area contributed by atoms with Gasteiger partial charge < -0.3 is 15.3 Å². The molecule has 1 aliphatic rings. The first-order valence-corrected chi connectivity index (χ1v) is 10.4. The second-order valence-electron chi connectivity index (χ2n) is 7.85. The van der Waals surface area contributed by atoms with Crippen LogP contribution in [0.3, 0.4) is 0 Å². The average Bonchev–Trinajstić information content (AvgIpc) is 2.62. The number of aliphatic imine (C=N–C) groups is 1. The lowest BCUT2D eigenvalue weighted by atomic mass is 9.92. The third-order valence-corrected chi connectivity index (χ3v) is 5.53. The predicted octanol–water partition coefficient (Wildman–Crippen LogP) is 5.55. The summed E-state index contributed by atoms with van der Waals surface area (Å²) < 4.78 is 15.0. The Balaban J connectivity index is 1.90. The van der Waals surface area contributed by atoms with Crippen molar-refractivity contribution < 1.29 is 9.50 Å². The number of aromatic hydroxyl groups is 1. The van der Waals surface area contributed by atoms with Crippen LogP contribution in [0.4, 0.5) is 10.1 Å². The molecule has 28 heavy (non-hydrogen) atoms. The summed E-state index contributed by atoms with van der Waals surface area (Å²) in [5.74, 6) is 1.86. The van der Waals surface area contributed by atoms with E-state index in [1.54, 1.807) is 24.3 Å². The summed E-state index contributed by atoms with van der Waals surface area (Å²) in [5.41, 5.74) is 2.37. The maximum absolute atomic E-state index is 14.2. The van der Waals surface area contributed by atoms with Crippen molar-refractivity contribution in [2.45, 2.75) is 33.7 Å². The molecule has 6 heteroatoms. The number of piperidine rings is 1. The molecule has 1 saturated heterocycles. The highest BCUT2D eigenvalue weighted by Crippen LogP contribution is 2.25. The molecule has 1 fully saturated rings. The van der Waals surface area contributed by atoms with Gasteiger partial charge in [-0.1, -0.05) is 29.8 Å². The number of anilines is 1. The Kier molecular flexibility index (Phi) is 6.60. The Morgan fingerprint density at radius 1 is 1.21 bits per heavy atom. The van der Waals surface area contributed by atoms with Crippen LogP contribution in [0.15, 0.2) is 45.9 Å². The van der Waals surface area contributed by atoms with E-state index < -0.39 is 0 Å².